The maximum absolute atomic E-state index is 4.49. The van der Waals surface area contributed by atoms with Crippen LogP contribution in [0, 0.1) is 0 Å². The molecule has 0 saturated heterocycles. The normalized spacial score (nSPS) is 10.8. The van der Waals surface area contributed by atoms with Crippen LogP contribution >= 0.6 is 15.9 Å². The highest BCUT2D eigenvalue weighted by atomic mass is 79.9. The van der Waals surface area contributed by atoms with Crippen molar-refractivity contribution in [2.75, 3.05) is 0 Å². The molecule has 1 heterocycles. The Morgan fingerprint density at radius 3 is 2.38 bits per heavy atom. The van der Waals surface area contributed by atoms with Gasteiger partial charge in [0.25, 0.3) is 0 Å². The van der Waals surface area contributed by atoms with Crippen LogP contribution in [0.25, 0.3) is 11.4 Å². The molecule has 2 aromatic rings. The highest BCUT2D eigenvalue weighted by Gasteiger charge is 2.02. The van der Waals surface area contributed by atoms with Crippen molar-refractivity contribution in [1.29, 1.82) is 0 Å². The zero-order valence-corrected chi connectivity index (χ0v) is 14.3. The summed E-state index contributed by atoms with van der Waals surface area (Å²) in [5.41, 5.74) is 2.29. The van der Waals surface area contributed by atoms with Crippen molar-refractivity contribution in [3.63, 3.8) is 0 Å². The van der Waals surface area contributed by atoms with Crippen LogP contribution in [0.4, 0.5) is 0 Å². The van der Waals surface area contributed by atoms with E-state index in [1.807, 2.05) is 36.7 Å². The van der Waals surface area contributed by atoms with Gasteiger partial charge in [-0.15, -0.1) is 0 Å². The van der Waals surface area contributed by atoms with E-state index >= 15 is 0 Å². The van der Waals surface area contributed by atoms with Gasteiger partial charge in [0, 0.05) is 22.4 Å². The van der Waals surface area contributed by atoms with Gasteiger partial charge in [-0.1, -0.05) is 67.1 Å². The van der Waals surface area contributed by atoms with Gasteiger partial charge < -0.3 is 0 Å². The minimum atomic E-state index is 0.794. The molecule has 0 unspecified atom stereocenters. The van der Waals surface area contributed by atoms with Gasteiger partial charge >= 0.3 is 0 Å². The molecule has 0 N–H and O–H groups in total. The van der Waals surface area contributed by atoms with Crippen LogP contribution in [0.2, 0.25) is 0 Å². The fourth-order valence-electron chi connectivity index (χ4n) is 2.37. The maximum Gasteiger partial charge on any atom is 0.159 e. The Hall–Kier alpha value is -1.22. The van der Waals surface area contributed by atoms with Gasteiger partial charge in [-0.2, -0.15) is 0 Å². The molecule has 0 atom stereocenters. The summed E-state index contributed by atoms with van der Waals surface area (Å²) in [5, 5.41) is 0. The molecule has 0 bridgehead atoms. The quantitative estimate of drug-likeness (QED) is 0.563. The number of nitrogens with zero attached hydrogens (tertiary/aromatic N) is 2. The van der Waals surface area contributed by atoms with E-state index in [1.165, 1.54) is 44.1 Å². The van der Waals surface area contributed by atoms with Crippen molar-refractivity contribution < 1.29 is 0 Å². The number of benzene rings is 1. The summed E-state index contributed by atoms with van der Waals surface area (Å²) in [4.78, 5) is 8.97. The first-order valence-corrected chi connectivity index (χ1v) is 8.65. The van der Waals surface area contributed by atoms with E-state index in [4.69, 9.17) is 0 Å². The van der Waals surface area contributed by atoms with E-state index in [2.05, 4.69) is 32.8 Å². The predicted octanol–water partition coefficient (Wildman–Crippen LogP) is 5.81. The Kier molecular flexibility index (Phi) is 6.87. The Morgan fingerprint density at radius 1 is 0.952 bits per heavy atom. The molecular formula is C18H23BrN2. The first kappa shape index (κ1) is 16.2. The lowest BCUT2D eigenvalue weighted by Crippen LogP contribution is -1.93. The van der Waals surface area contributed by atoms with Crippen LogP contribution < -0.4 is 0 Å². The van der Waals surface area contributed by atoms with Gasteiger partial charge in [0.05, 0.1) is 0 Å². The number of aryl methyl sites for hydroxylation is 1. The predicted molar refractivity (Wildman–Crippen MR) is 92.2 cm³/mol. The number of halogens is 1. The average molecular weight is 347 g/mol. The van der Waals surface area contributed by atoms with Crippen LogP contribution in [0.3, 0.4) is 0 Å². The molecule has 2 rings (SSSR count). The Labute approximate surface area is 136 Å². The zero-order valence-electron chi connectivity index (χ0n) is 12.7. The highest BCUT2D eigenvalue weighted by Crippen LogP contribution is 2.19. The van der Waals surface area contributed by atoms with Crippen molar-refractivity contribution in [2.45, 2.75) is 51.9 Å². The molecule has 3 heteroatoms. The second-order valence-corrected chi connectivity index (χ2v) is 6.36. The molecule has 1 aromatic carbocycles. The third kappa shape index (κ3) is 5.58. The van der Waals surface area contributed by atoms with Gasteiger partial charge in [0.1, 0.15) is 0 Å². The van der Waals surface area contributed by atoms with Gasteiger partial charge in [0.2, 0.25) is 0 Å². The van der Waals surface area contributed by atoms with Crippen molar-refractivity contribution in [3.8, 4) is 11.4 Å². The van der Waals surface area contributed by atoms with Crippen LogP contribution in [-0.2, 0) is 6.42 Å². The molecule has 0 spiro atoms. The summed E-state index contributed by atoms with van der Waals surface area (Å²) < 4.78 is 1.06. The zero-order chi connectivity index (χ0) is 14.9. The van der Waals surface area contributed by atoms with Crippen LogP contribution in [-0.4, -0.2) is 9.97 Å². The van der Waals surface area contributed by atoms with Gasteiger partial charge in [-0.25, -0.2) is 9.97 Å². The summed E-state index contributed by atoms with van der Waals surface area (Å²) in [6, 6.07) is 8.10. The van der Waals surface area contributed by atoms with E-state index in [1.54, 1.807) is 0 Å². The highest BCUT2D eigenvalue weighted by molar-refractivity contribution is 9.10. The van der Waals surface area contributed by atoms with E-state index < -0.39 is 0 Å². The molecule has 0 amide bonds. The minimum absolute atomic E-state index is 0.794. The Bertz CT molecular complexity index is 537. The molecule has 112 valence electrons. The van der Waals surface area contributed by atoms with E-state index in [-0.39, 0.29) is 0 Å². The van der Waals surface area contributed by atoms with Gasteiger partial charge in [-0.05, 0) is 30.5 Å². The lowest BCUT2D eigenvalue weighted by molar-refractivity contribution is 0.607. The molecular weight excluding hydrogens is 324 g/mol. The largest absolute Gasteiger partial charge is 0.236 e. The summed E-state index contributed by atoms with van der Waals surface area (Å²) in [6.07, 6.45) is 13.0. The topological polar surface area (TPSA) is 25.8 Å². The lowest BCUT2D eigenvalue weighted by Gasteiger charge is -2.04. The smallest absolute Gasteiger partial charge is 0.159 e. The van der Waals surface area contributed by atoms with Crippen molar-refractivity contribution in [3.05, 3.63) is 46.7 Å². The Balaban J connectivity index is 1.82. The standard InChI is InChI=1S/C18H23BrN2/c1-2-3-4-5-6-7-9-15-13-20-18(21-14-15)16-10-8-11-17(19)12-16/h8,10-14H,2-7,9H2,1H3. The SMILES string of the molecule is CCCCCCCCc1cnc(-c2cccc(Br)c2)nc1. The van der Waals surface area contributed by atoms with E-state index in [9.17, 15) is 0 Å². The van der Waals surface area contributed by atoms with Gasteiger partial charge in [0.15, 0.2) is 5.82 Å². The molecule has 0 fully saturated rings. The van der Waals surface area contributed by atoms with E-state index in [0.29, 0.717) is 0 Å². The molecule has 1 aromatic heterocycles. The van der Waals surface area contributed by atoms with E-state index in [0.717, 1.165) is 22.3 Å². The number of unbranched alkanes of at least 4 members (excludes halogenated alkanes) is 5. The number of aromatic nitrogens is 2. The molecule has 0 saturated carbocycles. The first-order valence-electron chi connectivity index (χ1n) is 7.86. The maximum atomic E-state index is 4.49. The molecule has 0 aliphatic heterocycles. The third-order valence-electron chi connectivity index (χ3n) is 3.61. The summed E-state index contributed by atoms with van der Waals surface area (Å²) >= 11 is 3.48. The van der Waals surface area contributed by atoms with Crippen molar-refractivity contribution in [2.24, 2.45) is 0 Å². The second kappa shape index (κ2) is 8.93. The van der Waals surface area contributed by atoms with Crippen LogP contribution in [0.15, 0.2) is 41.1 Å². The molecule has 0 aliphatic carbocycles. The average Bonchev–Trinajstić information content (AvgIpc) is 2.51. The molecule has 21 heavy (non-hydrogen) atoms. The summed E-state index contributed by atoms with van der Waals surface area (Å²) in [6.45, 7) is 2.25. The van der Waals surface area contributed by atoms with Crippen LogP contribution in [0.1, 0.15) is 51.0 Å². The molecule has 0 aliphatic rings. The Morgan fingerprint density at radius 2 is 1.67 bits per heavy atom. The number of hydrogen-bond acceptors (Lipinski definition) is 2. The van der Waals surface area contributed by atoms with Crippen molar-refractivity contribution >= 4 is 15.9 Å². The van der Waals surface area contributed by atoms with Crippen LogP contribution in [0.5, 0.6) is 0 Å². The second-order valence-electron chi connectivity index (χ2n) is 5.44. The summed E-state index contributed by atoms with van der Waals surface area (Å²) in [7, 11) is 0. The fraction of sp³-hybridized carbons (Fsp3) is 0.444. The minimum Gasteiger partial charge on any atom is -0.236 e. The number of hydrogen-bond donors (Lipinski definition) is 0. The van der Waals surface area contributed by atoms with Gasteiger partial charge in [-0.3, -0.25) is 0 Å². The monoisotopic (exact) mass is 346 g/mol. The fourth-order valence-corrected chi connectivity index (χ4v) is 2.77. The molecule has 2 nitrogen and oxygen atoms in total. The lowest BCUT2D eigenvalue weighted by atomic mass is 10.1. The summed E-state index contributed by atoms with van der Waals surface area (Å²) in [5.74, 6) is 0.794. The number of rotatable bonds is 8. The van der Waals surface area contributed by atoms with Crippen molar-refractivity contribution in [1.82, 2.24) is 9.97 Å². The molecule has 0 radical (unpaired) electrons. The first-order chi connectivity index (χ1) is 10.3. The third-order valence-corrected chi connectivity index (χ3v) is 4.10.